The maximum atomic E-state index is 12.2. The second-order valence-electron chi connectivity index (χ2n) is 6.04. The van der Waals surface area contributed by atoms with Crippen molar-refractivity contribution >= 4 is 23.1 Å². The summed E-state index contributed by atoms with van der Waals surface area (Å²) < 4.78 is 0. The minimum absolute atomic E-state index is 0.0199. The number of non-ortho nitro benzene ring substituents is 1. The quantitative estimate of drug-likeness (QED) is 0.636. The van der Waals surface area contributed by atoms with Crippen LogP contribution >= 0.6 is 11.3 Å². The van der Waals surface area contributed by atoms with E-state index in [1.165, 1.54) is 23.5 Å². The largest absolute Gasteiger partial charge is 0.330 e. The molecular formula is C16H20N4O3S. The Hall–Kier alpha value is -2.48. The number of nitrogens with zero attached hydrogens (tertiary/aromatic N) is 2. The van der Waals surface area contributed by atoms with Gasteiger partial charge in [0.05, 0.1) is 27.2 Å². The average Bonchev–Trinajstić information content (AvgIpc) is 2.93. The number of aromatic nitrogens is 1. The number of amides is 2. The van der Waals surface area contributed by atoms with E-state index in [0.29, 0.717) is 0 Å². The molecule has 2 amide bonds. The molecule has 24 heavy (non-hydrogen) atoms. The summed E-state index contributed by atoms with van der Waals surface area (Å²) in [6.07, 6.45) is 0. The van der Waals surface area contributed by atoms with Crippen LogP contribution in [-0.4, -0.2) is 15.9 Å². The van der Waals surface area contributed by atoms with Gasteiger partial charge in [-0.2, -0.15) is 0 Å². The Morgan fingerprint density at radius 1 is 1.33 bits per heavy atom. The normalized spacial score (nSPS) is 12.5. The van der Waals surface area contributed by atoms with Gasteiger partial charge in [0.2, 0.25) is 0 Å². The summed E-state index contributed by atoms with van der Waals surface area (Å²) in [4.78, 5) is 26.9. The molecule has 128 valence electrons. The molecule has 0 aliphatic carbocycles. The van der Waals surface area contributed by atoms with Crippen LogP contribution in [0.25, 0.3) is 0 Å². The summed E-state index contributed by atoms with van der Waals surface area (Å²) in [7, 11) is 0. The second-order valence-corrected chi connectivity index (χ2v) is 7.10. The van der Waals surface area contributed by atoms with Gasteiger partial charge in [-0.05, 0) is 45.4 Å². The molecule has 2 rings (SSSR count). The van der Waals surface area contributed by atoms with E-state index in [0.717, 1.165) is 16.3 Å². The van der Waals surface area contributed by atoms with Gasteiger partial charge < -0.3 is 10.6 Å². The van der Waals surface area contributed by atoms with Gasteiger partial charge in [0.25, 0.3) is 5.69 Å². The first-order chi connectivity index (χ1) is 11.2. The molecule has 1 aromatic heterocycles. The molecule has 0 unspecified atom stereocenters. The lowest BCUT2D eigenvalue weighted by Crippen LogP contribution is -2.47. The second kappa shape index (κ2) is 6.96. The zero-order chi connectivity index (χ0) is 17.9. The lowest BCUT2D eigenvalue weighted by molar-refractivity contribution is -0.384. The fourth-order valence-electron chi connectivity index (χ4n) is 2.24. The van der Waals surface area contributed by atoms with Crippen molar-refractivity contribution in [2.24, 2.45) is 0 Å². The molecule has 0 aliphatic heterocycles. The smallest absolute Gasteiger partial charge is 0.315 e. The van der Waals surface area contributed by atoms with E-state index in [1.54, 1.807) is 12.1 Å². The molecule has 0 saturated carbocycles. The van der Waals surface area contributed by atoms with E-state index in [9.17, 15) is 14.9 Å². The number of thiazole rings is 1. The Balaban J connectivity index is 2.02. The molecule has 2 aromatic rings. The molecular weight excluding hydrogens is 328 g/mol. The van der Waals surface area contributed by atoms with Crippen molar-refractivity contribution < 1.29 is 9.72 Å². The van der Waals surface area contributed by atoms with E-state index in [2.05, 4.69) is 15.6 Å². The van der Waals surface area contributed by atoms with Crippen molar-refractivity contribution in [3.05, 3.63) is 56.0 Å². The summed E-state index contributed by atoms with van der Waals surface area (Å²) in [6, 6.07) is 5.62. The number of nitrogens with one attached hydrogen (secondary N) is 2. The van der Waals surface area contributed by atoms with Gasteiger partial charge in [0.15, 0.2) is 0 Å². The number of aryl methyl sites for hydroxylation is 1. The summed E-state index contributed by atoms with van der Waals surface area (Å²) in [6.45, 7) is 7.46. The molecule has 2 N–H and O–H groups in total. The van der Waals surface area contributed by atoms with Gasteiger partial charge in [-0.3, -0.25) is 10.1 Å². The van der Waals surface area contributed by atoms with Crippen molar-refractivity contribution in [1.82, 2.24) is 15.6 Å². The molecule has 7 nitrogen and oxygen atoms in total. The lowest BCUT2D eigenvalue weighted by Gasteiger charge is -2.27. The van der Waals surface area contributed by atoms with Crippen LogP contribution in [-0.2, 0) is 5.54 Å². The predicted octanol–water partition coefficient (Wildman–Crippen LogP) is 3.66. The Kier molecular flexibility index (Phi) is 5.18. The van der Waals surface area contributed by atoms with Gasteiger partial charge in [-0.1, -0.05) is 0 Å². The van der Waals surface area contributed by atoms with Crippen LogP contribution in [0.4, 0.5) is 10.5 Å². The van der Waals surface area contributed by atoms with Crippen LogP contribution in [0, 0.1) is 17.0 Å². The van der Waals surface area contributed by atoms with E-state index >= 15 is 0 Å². The highest BCUT2D eigenvalue weighted by Gasteiger charge is 2.24. The van der Waals surface area contributed by atoms with Crippen LogP contribution in [0.2, 0.25) is 0 Å². The number of rotatable bonds is 5. The Morgan fingerprint density at radius 3 is 2.46 bits per heavy atom. The Labute approximate surface area is 144 Å². The third-order valence-electron chi connectivity index (χ3n) is 3.65. The number of urea groups is 1. The monoisotopic (exact) mass is 348 g/mol. The maximum Gasteiger partial charge on any atom is 0.315 e. The lowest BCUT2D eigenvalue weighted by atomic mass is 9.94. The van der Waals surface area contributed by atoms with E-state index in [1.807, 2.05) is 33.1 Å². The molecule has 8 heteroatoms. The van der Waals surface area contributed by atoms with E-state index in [4.69, 9.17) is 0 Å². The fourth-order valence-corrected chi connectivity index (χ4v) is 2.95. The maximum absolute atomic E-state index is 12.2. The van der Waals surface area contributed by atoms with Gasteiger partial charge >= 0.3 is 6.03 Å². The van der Waals surface area contributed by atoms with Gasteiger partial charge in [0, 0.05) is 17.5 Å². The number of nitro groups is 1. The molecule has 0 radical (unpaired) electrons. The summed E-state index contributed by atoms with van der Waals surface area (Å²) >= 11 is 1.54. The average molecular weight is 348 g/mol. The third-order valence-corrected chi connectivity index (χ3v) is 4.45. The van der Waals surface area contributed by atoms with Crippen molar-refractivity contribution in [2.75, 3.05) is 0 Å². The summed E-state index contributed by atoms with van der Waals surface area (Å²) in [5.41, 5.74) is 0.949. The molecule has 1 aromatic carbocycles. The van der Waals surface area contributed by atoms with Crippen LogP contribution in [0.5, 0.6) is 0 Å². The summed E-state index contributed by atoms with van der Waals surface area (Å²) in [5, 5.41) is 19.3. The molecule has 0 fully saturated rings. The van der Waals surface area contributed by atoms with Crippen molar-refractivity contribution in [1.29, 1.82) is 0 Å². The summed E-state index contributed by atoms with van der Waals surface area (Å²) in [5.74, 6) is 0. The Bertz CT molecular complexity index is 740. The number of hydrogen-bond donors (Lipinski definition) is 2. The zero-order valence-electron chi connectivity index (χ0n) is 14.0. The molecule has 0 bridgehead atoms. The minimum Gasteiger partial charge on any atom is -0.330 e. The highest BCUT2D eigenvalue weighted by molar-refractivity contribution is 7.09. The minimum atomic E-state index is -0.670. The van der Waals surface area contributed by atoms with E-state index < -0.39 is 10.5 Å². The Morgan fingerprint density at radius 2 is 1.96 bits per heavy atom. The SMILES string of the molecule is Cc1nc([C@@H](C)NC(=O)NC(C)(C)c2ccc([N+](=O)[O-])cc2)cs1. The van der Waals surface area contributed by atoms with Crippen LogP contribution in [0.3, 0.4) is 0 Å². The molecule has 0 spiro atoms. The van der Waals surface area contributed by atoms with Crippen LogP contribution in [0.1, 0.15) is 43.1 Å². The predicted molar refractivity (Wildman–Crippen MR) is 93.1 cm³/mol. The number of hydrogen-bond acceptors (Lipinski definition) is 5. The third kappa shape index (κ3) is 4.29. The molecule has 0 aliphatic rings. The molecule has 0 saturated heterocycles. The topological polar surface area (TPSA) is 97.2 Å². The standard InChI is InChI=1S/C16H20N4O3S/c1-10(14-9-24-11(2)18-14)17-15(21)19-16(3,4)12-5-7-13(8-6-12)20(22)23/h5-10H,1-4H3,(H2,17,19,21)/t10-/m1/s1. The number of benzene rings is 1. The van der Waals surface area contributed by atoms with Gasteiger partial charge in [0.1, 0.15) is 0 Å². The first kappa shape index (κ1) is 17.9. The van der Waals surface area contributed by atoms with Crippen molar-refractivity contribution in [3.63, 3.8) is 0 Å². The van der Waals surface area contributed by atoms with Crippen molar-refractivity contribution in [2.45, 2.75) is 39.3 Å². The van der Waals surface area contributed by atoms with Crippen LogP contribution < -0.4 is 10.6 Å². The first-order valence-corrected chi connectivity index (χ1v) is 8.32. The number of carbonyl (C=O) groups is 1. The van der Waals surface area contributed by atoms with Gasteiger partial charge in [-0.25, -0.2) is 9.78 Å². The highest BCUT2D eigenvalue weighted by atomic mass is 32.1. The van der Waals surface area contributed by atoms with Gasteiger partial charge in [-0.15, -0.1) is 11.3 Å². The fraction of sp³-hybridized carbons (Fsp3) is 0.375. The first-order valence-electron chi connectivity index (χ1n) is 7.44. The zero-order valence-corrected chi connectivity index (χ0v) is 14.8. The molecule has 1 atom stereocenters. The van der Waals surface area contributed by atoms with Crippen molar-refractivity contribution in [3.8, 4) is 0 Å². The molecule has 1 heterocycles. The number of nitro benzene ring substituents is 1. The van der Waals surface area contributed by atoms with E-state index in [-0.39, 0.29) is 17.8 Å². The van der Waals surface area contributed by atoms with Crippen LogP contribution in [0.15, 0.2) is 29.6 Å². The highest BCUT2D eigenvalue weighted by Crippen LogP contribution is 2.23. The number of carbonyl (C=O) groups excluding carboxylic acids is 1.